The lowest BCUT2D eigenvalue weighted by molar-refractivity contribution is -0.163. The number of aryl methyl sites for hydroxylation is 1. The summed E-state index contributed by atoms with van der Waals surface area (Å²) in [5, 5.41) is 0. The van der Waals surface area contributed by atoms with Crippen molar-refractivity contribution in [3.8, 4) is 5.75 Å². The summed E-state index contributed by atoms with van der Waals surface area (Å²) in [6.45, 7) is 0. The summed E-state index contributed by atoms with van der Waals surface area (Å²) in [7, 11) is 1.70. The van der Waals surface area contributed by atoms with Crippen LogP contribution in [-0.2, 0) is 11.2 Å². The highest BCUT2D eigenvalue weighted by atomic mass is 16.5. The molecule has 148 valence electrons. The normalized spacial score (nSPS) is 22.8. The molecule has 1 aliphatic heterocycles. The molecule has 0 bridgehead atoms. The Balaban J connectivity index is 1.47. The van der Waals surface area contributed by atoms with Gasteiger partial charge in [0.1, 0.15) is 5.75 Å². The molecule has 0 spiro atoms. The summed E-state index contributed by atoms with van der Waals surface area (Å²) < 4.78 is 5.33. The van der Waals surface area contributed by atoms with Crippen molar-refractivity contribution in [1.82, 2.24) is 4.90 Å². The van der Waals surface area contributed by atoms with Gasteiger partial charge in [-0.05, 0) is 55.4 Å². The van der Waals surface area contributed by atoms with Crippen LogP contribution in [-0.4, -0.2) is 24.0 Å². The van der Waals surface area contributed by atoms with Crippen molar-refractivity contribution in [2.24, 2.45) is 5.92 Å². The fourth-order valence-corrected chi connectivity index (χ4v) is 4.99. The largest absolute Gasteiger partial charge is 0.497 e. The summed E-state index contributed by atoms with van der Waals surface area (Å²) in [6.07, 6.45) is 9.21. The maximum absolute atomic E-state index is 13.1. The Bertz CT molecular complexity index is 765. The molecule has 0 aromatic heterocycles. The average Bonchev–Trinajstić information content (AvgIpc) is 2.76. The minimum Gasteiger partial charge on any atom is -0.497 e. The van der Waals surface area contributed by atoms with E-state index in [1.165, 1.54) is 30.4 Å². The maximum atomic E-state index is 13.1. The van der Waals surface area contributed by atoms with Crippen LogP contribution in [0.5, 0.6) is 5.75 Å². The second-order valence-electron chi connectivity index (χ2n) is 8.24. The molecule has 0 unspecified atom stereocenters. The zero-order chi connectivity index (χ0) is 19.3. The van der Waals surface area contributed by atoms with E-state index in [9.17, 15) is 4.79 Å². The number of carbonyl (C=O) groups is 1. The summed E-state index contributed by atoms with van der Waals surface area (Å²) >= 11 is 0. The minimum absolute atomic E-state index is 0.124. The van der Waals surface area contributed by atoms with Gasteiger partial charge < -0.3 is 9.64 Å². The zero-order valence-electron chi connectivity index (χ0n) is 16.8. The fraction of sp³-hybridized carbons (Fsp3) is 0.480. The fourth-order valence-electron chi connectivity index (χ4n) is 4.99. The van der Waals surface area contributed by atoms with Gasteiger partial charge in [-0.1, -0.05) is 61.7 Å². The van der Waals surface area contributed by atoms with Gasteiger partial charge in [0.2, 0.25) is 5.91 Å². The Morgan fingerprint density at radius 1 is 0.964 bits per heavy atom. The van der Waals surface area contributed by atoms with Crippen LogP contribution < -0.4 is 4.74 Å². The molecule has 1 heterocycles. The number of likely N-dealkylation sites (tertiary alicyclic amines) is 1. The van der Waals surface area contributed by atoms with Crippen molar-refractivity contribution in [2.75, 3.05) is 7.11 Å². The van der Waals surface area contributed by atoms with Gasteiger partial charge in [-0.2, -0.15) is 0 Å². The number of ether oxygens (including phenoxy) is 1. The zero-order valence-corrected chi connectivity index (χ0v) is 16.8. The standard InChI is InChI=1S/C25H31NO2/c1-28-22-17-15-20(16-18-22)24-23(14-8-11-19-9-4-2-5-10-19)25(27)26(24)21-12-6-3-7-13-21/h2,4-5,9-10,15-18,21,23-24H,3,6-8,11-14H2,1H3/t23-,24-/m1/s1. The van der Waals surface area contributed by atoms with E-state index in [-0.39, 0.29) is 12.0 Å². The second kappa shape index (κ2) is 8.81. The van der Waals surface area contributed by atoms with E-state index in [0.29, 0.717) is 11.9 Å². The lowest BCUT2D eigenvalue weighted by Gasteiger charge is -2.52. The number of hydrogen-bond donors (Lipinski definition) is 0. The van der Waals surface area contributed by atoms with Crippen molar-refractivity contribution < 1.29 is 9.53 Å². The Kier molecular flexibility index (Phi) is 5.99. The monoisotopic (exact) mass is 377 g/mol. The third-order valence-electron chi connectivity index (χ3n) is 6.50. The van der Waals surface area contributed by atoms with Crippen molar-refractivity contribution >= 4 is 5.91 Å². The lowest BCUT2D eigenvalue weighted by atomic mass is 9.76. The van der Waals surface area contributed by atoms with Crippen LogP contribution in [0.2, 0.25) is 0 Å². The molecule has 3 heteroatoms. The number of hydrogen-bond acceptors (Lipinski definition) is 2. The molecule has 2 aliphatic rings. The third-order valence-corrected chi connectivity index (χ3v) is 6.50. The van der Waals surface area contributed by atoms with Crippen molar-refractivity contribution in [2.45, 2.75) is 63.5 Å². The topological polar surface area (TPSA) is 29.5 Å². The molecule has 2 atom stereocenters. The highest BCUT2D eigenvalue weighted by molar-refractivity contribution is 5.87. The number of methoxy groups -OCH3 is 1. The SMILES string of the molecule is COc1ccc([C@@H]2[C@@H](CCCc3ccccc3)C(=O)N2C2CCCCC2)cc1. The van der Waals surface area contributed by atoms with E-state index in [2.05, 4.69) is 47.4 Å². The van der Waals surface area contributed by atoms with Crippen LogP contribution in [0.4, 0.5) is 0 Å². The molecule has 28 heavy (non-hydrogen) atoms. The lowest BCUT2D eigenvalue weighted by Crippen LogP contribution is -2.59. The summed E-state index contributed by atoms with van der Waals surface area (Å²) in [6, 6.07) is 19.6. The average molecular weight is 378 g/mol. The first-order valence-corrected chi connectivity index (χ1v) is 10.8. The van der Waals surface area contributed by atoms with Crippen LogP contribution in [0.15, 0.2) is 54.6 Å². The Morgan fingerprint density at radius 2 is 1.68 bits per heavy atom. The summed E-state index contributed by atoms with van der Waals surface area (Å²) in [4.78, 5) is 15.3. The van der Waals surface area contributed by atoms with Crippen LogP contribution >= 0.6 is 0 Å². The molecule has 1 saturated carbocycles. The summed E-state index contributed by atoms with van der Waals surface area (Å²) in [5.74, 6) is 1.37. The molecule has 1 saturated heterocycles. The summed E-state index contributed by atoms with van der Waals surface area (Å²) in [5.41, 5.74) is 2.62. The molecule has 3 nitrogen and oxygen atoms in total. The Morgan fingerprint density at radius 3 is 2.36 bits per heavy atom. The van der Waals surface area contributed by atoms with Crippen LogP contribution in [0.25, 0.3) is 0 Å². The first kappa shape index (κ1) is 19.0. The molecule has 1 aliphatic carbocycles. The first-order chi connectivity index (χ1) is 13.8. The van der Waals surface area contributed by atoms with Crippen LogP contribution in [0, 0.1) is 5.92 Å². The molecule has 2 aromatic carbocycles. The van der Waals surface area contributed by atoms with E-state index in [1.807, 2.05) is 12.1 Å². The van der Waals surface area contributed by atoms with Gasteiger partial charge in [-0.25, -0.2) is 0 Å². The Labute approximate surface area is 168 Å². The van der Waals surface area contributed by atoms with Crippen LogP contribution in [0.1, 0.15) is 62.1 Å². The number of rotatable bonds is 7. The van der Waals surface area contributed by atoms with E-state index < -0.39 is 0 Å². The van der Waals surface area contributed by atoms with Crippen molar-refractivity contribution in [1.29, 1.82) is 0 Å². The van der Waals surface area contributed by atoms with Gasteiger partial charge in [-0.3, -0.25) is 4.79 Å². The molecule has 1 amide bonds. The Hall–Kier alpha value is -2.29. The smallest absolute Gasteiger partial charge is 0.228 e. The maximum Gasteiger partial charge on any atom is 0.228 e. The van der Waals surface area contributed by atoms with Gasteiger partial charge in [0.15, 0.2) is 0 Å². The number of nitrogens with zero attached hydrogens (tertiary/aromatic N) is 1. The number of β-lactam (4-membered cyclic amide) rings is 1. The quantitative estimate of drug-likeness (QED) is 0.592. The van der Waals surface area contributed by atoms with Crippen LogP contribution in [0.3, 0.4) is 0 Å². The first-order valence-electron chi connectivity index (χ1n) is 10.8. The highest BCUT2D eigenvalue weighted by Crippen LogP contribution is 2.46. The molecule has 4 rings (SSSR count). The predicted molar refractivity (Wildman–Crippen MR) is 112 cm³/mol. The van der Waals surface area contributed by atoms with E-state index >= 15 is 0 Å². The highest BCUT2D eigenvalue weighted by Gasteiger charge is 2.50. The van der Waals surface area contributed by atoms with Gasteiger partial charge in [0.05, 0.1) is 19.1 Å². The number of benzene rings is 2. The van der Waals surface area contributed by atoms with E-state index in [1.54, 1.807) is 7.11 Å². The van der Waals surface area contributed by atoms with Gasteiger partial charge in [0, 0.05) is 6.04 Å². The second-order valence-corrected chi connectivity index (χ2v) is 8.24. The minimum atomic E-state index is 0.124. The van der Waals surface area contributed by atoms with Gasteiger partial charge >= 0.3 is 0 Å². The van der Waals surface area contributed by atoms with Gasteiger partial charge in [-0.15, -0.1) is 0 Å². The molecular formula is C25H31NO2. The number of amides is 1. The van der Waals surface area contributed by atoms with E-state index in [4.69, 9.17) is 4.74 Å². The molecule has 0 N–H and O–H groups in total. The third kappa shape index (κ3) is 3.94. The predicted octanol–water partition coefficient (Wildman–Crippen LogP) is 5.55. The van der Waals surface area contributed by atoms with E-state index in [0.717, 1.165) is 37.9 Å². The molecule has 2 fully saturated rings. The van der Waals surface area contributed by atoms with Gasteiger partial charge in [0.25, 0.3) is 0 Å². The molecular weight excluding hydrogens is 346 g/mol. The molecule has 0 radical (unpaired) electrons. The van der Waals surface area contributed by atoms with Crippen molar-refractivity contribution in [3.05, 3.63) is 65.7 Å². The number of carbonyl (C=O) groups excluding carboxylic acids is 1. The van der Waals surface area contributed by atoms with Crippen molar-refractivity contribution in [3.63, 3.8) is 0 Å². The molecule has 2 aromatic rings.